The molecule has 1 heterocycles. The van der Waals surface area contributed by atoms with E-state index in [-0.39, 0.29) is 17.7 Å². The number of carbonyl (C=O) groups is 1. The summed E-state index contributed by atoms with van der Waals surface area (Å²) >= 11 is 0. The summed E-state index contributed by atoms with van der Waals surface area (Å²) in [5.41, 5.74) is 4.83. The highest BCUT2D eigenvalue weighted by Crippen LogP contribution is 2.22. The highest BCUT2D eigenvalue weighted by atomic mass is 16.5. The van der Waals surface area contributed by atoms with Crippen LogP contribution in [-0.4, -0.2) is 24.3 Å². The maximum atomic E-state index is 10.8. The number of nitrogens with one attached hydrogen (secondary N) is 1. The predicted molar refractivity (Wildman–Crippen MR) is 45.4 cm³/mol. The first-order chi connectivity index (χ1) is 5.63. The lowest BCUT2D eigenvalue weighted by Crippen LogP contribution is -2.47. The fourth-order valence-corrected chi connectivity index (χ4v) is 1.46. The Bertz CT molecular complexity index is 178. The summed E-state index contributed by atoms with van der Waals surface area (Å²) in [4.78, 5) is 10.8. The fourth-order valence-electron chi connectivity index (χ4n) is 1.46. The van der Waals surface area contributed by atoms with Gasteiger partial charge >= 0.3 is 0 Å². The lowest BCUT2D eigenvalue weighted by atomic mass is 10.1. The van der Waals surface area contributed by atoms with Crippen molar-refractivity contribution in [1.29, 1.82) is 0 Å². The third-order valence-corrected chi connectivity index (χ3v) is 2.45. The van der Waals surface area contributed by atoms with Gasteiger partial charge < -0.3 is 10.5 Å². The molecule has 3 N–H and O–H groups in total. The second-order valence-corrected chi connectivity index (χ2v) is 3.11. The highest BCUT2D eigenvalue weighted by molar-refractivity contribution is 5.80. The molecule has 1 amide bonds. The lowest BCUT2D eigenvalue weighted by Gasteiger charge is -2.25. The predicted octanol–water partition coefficient (Wildman–Crippen LogP) is -0.0236. The van der Waals surface area contributed by atoms with Gasteiger partial charge in [0, 0.05) is 0 Å². The number of primary amides is 1. The van der Waals surface area contributed by atoms with E-state index in [0.717, 1.165) is 12.8 Å². The zero-order valence-electron chi connectivity index (χ0n) is 7.59. The minimum absolute atomic E-state index is 0.315. The standard InChI is InChI=1S/C8H16N2O2/c1-3-8(4-2)10-6(5-12-8)7(9)11/h6,10H,3-5H2,1-2H3,(H2,9,11). The molecule has 0 spiro atoms. The van der Waals surface area contributed by atoms with Gasteiger partial charge in [-0.2, -0.15) is 0 Å². The van der Waals surface area contributed by atoms with Gasteiger partial charge in [0.2, 0.25) is 5.91 Å². The molecule has 0 bridgehead atoms. The number of rotatable bonds is 3. The van der Waals surface area contributed by atoms with Crippen LogP contribution in [0.4, 0.5) is 0 Å². The second kappa shape index (κ2) is 3.41. The average molecular weight is 172 g/mol. The maximum absolute atomic E-state index is 10.8. The Labute approximate surface area is 72.5 Å². The van der Waals surface area contributed by atoms with E-state index in [1.165, 1.54) is 0 Å². The van der Waals surface area contributed by atoms with Crippen molar-refractivity contribution < 1.29 is 9.53 Å². The number of ether oxygens (including phenoxy) is 1. The third kappa shape index (κ3) is 1.59. The summed E-state index contributed by atoms with van der Waals surface area (Å²) in [6.07, 6.45) is 1.71. The Hall–Kier alpha value is -0.610. The number of amides is 1. The van der Waals surface area contributed by atoms with Crippen molar-refractivity contribution in [1.82, 2.24) is 5.32 Å². The van der Waals surface area contributed by atoms with Gasteiger partial charge in [0.25, 0.3) is 0 Å². The summed E-state index contributed by atoms with van der Waals surface area (Å²) in [5, 5.41) is 3.11. The van der Waals surface area contributed by atoms with Crippen molar-refractivity contribution >= 4 is 5.91 Å². The van der Waals surface area contributed by atoms with Gasteiger partial charge in [-0.3, -0.25) is 10.1 Å². The largest absolute Gasteiger partial charge is 0.368 e. The zero-order valence-corrected chi connectivity index (χ0v) is 7.59. The Kier molecular flexibility index (Phi) is 2.69. The van der Waals surface area contributed by atoms with E-state index in [2.05, 4.69) is 5.32 Å². The van der Waals surface area contributed by atoms with Crippen molar-refractivity contribution in [3.8, 4) is 0 Å². The van der Waals surface area contributed by atoms with Crippen LogP contribution in [0.25, 0.3) is 0 Å². The molecule has 4 nitrogen and oxygen atoms in total. The molecule has 1 fully saturated rings. The number of hydrogen-bond donors (Lipinski definition) is 2. The van der Waals surface area contributed by atoms with Crippen LogP contribution in [0.5, 0.6) is 0 Å². The topological polar surface area (TPSA) is 64.3 Å². The minimum atomic E-state index is -0.334. The van der Waals surface area contributed by atoms with Crippen molar-refractivity contribution in [2.45, 2.75) is 38.5 Å². The number of hydrogen-bond acceptors (Lipinski definition) is 3. The van der Waals surface area contributed by atoms with Gasteiger partial charge in [0.1, 0.15) is 11.8 Å². The van der Waals surface area contributed by atoms with E-state index in [9.17, 15) is 4.79 Å². The smallest absolute Gasteiger partial charge is 0.237 e. The monoisotopic (exact) mass is 172 g/mol. The zero-order chi connectivity index (χ0) is 9.19. The van der Waals surface area contributed by atoms with Gasteiger partial charge in [-0.25, -0.2) is 0 Å². The van der Waals surface area contributed by atoms with Crippen LogP contribution in [0.1, 0.15) is 26.7 Å². The average Bonchev–Trinajstić information content (AvgIpc) is 2.49. The third-order valence-electron chi connectivity index (χ3n) is 2.45. The quantitative estimate of drug-likeness (QED) is 0.628. The van der Waals surface area contributed by atoms with E-state index in [4.69, 9.17) is 10.5 Å². The summed E-state index contributed by atoms with van der Waals surface area (Å²) < 4.78 is 5.50. The Balaban J connectivity index is 2.58. The molecule has 0 aromatic rings. The van der Waals surface area contributed by atoms with E-state index in [1.54, 1.807) is 0 Å². The summed E-state index contributed by atoms with van der Waals surface area (Å²) in [7, 11) is 0. The lowest BCUT2D eigenvalue weighted by molar-refractivity contribution is -0.119. The molecule has 0 aromatic heterocycles. The van der Waals surface area contributed by atoms with Crippen LogP contribution in [0.15, 0.2) is 0 Å². The minimum Gasteiger partial charge on any atom is -0.368 e. The van der Waals surface area contributed by atoms with Crippen molar-refractivity contribution in [3.05, 3.63) is 0 Å². The molecular weight excluding hydrogens is 156 g/mol. The fraction of sp³-hybridized carbons (Fsp3) is 0.875. The number of nitrogens with two attached hydrogens (primary N) is 1. The highest BCUT2D eigenvalue weighted by Gasteiger charge is 2.38. The molecule has 0 aromatic carbocycles. The second-order valence-electron chi connectivity index (χ2n) is 3.11. The first-order valence-electron chi connectivity index (χ1n) is 4.34. The van der Waals surface area contributed by atoms with Gasteiger partial charge in [0.15, 0.2) is 0 Å². The molecule has 4 heteroatoms. The van der Waals surface area contributed by atoms with Crippen LogP contribution in [0.3, 0.4) is 0 Å². The Morgan fingerprint density at radius 2 is 2.25 bits per heavy atom. The molecule has 1 aliphatic heterocycles. The Morgan fingerprint density at radius 1 is 1.67 bits per heavy atom. The van der Waals surface area contributed by atoms with E-state index in [1.807, 2.05) is 13.8 Å². The molecule has 12 heavy (non-hydrogen) atoms. The van der Waals surface area contributed by atoms with Crippen molar-refractivity contribution in [2.75, 3.05) is 6.61 Å². The molecule has 70 valence electrons. The molecule has 1 atom stereocenters. The van der Waals surface area contributed by atoms with Crippen molar-refractivity contribution in [2.24, 2.45) is 5.73 Å². The number of carbonyl (C=O) groups excluding carboxylic acids is 1. The molecule has 1 rings (SSSR count). The van der Waals surface area contributed by atoms with E-state index in [0.29, 0.717) is 6.61 Å². The molecular formula is C8H16N2O2. The molecule has 0 radical (unpaired) electrons. The molecule has 1 aliphatic rings. The van der Waals surface area contributed by atoms with Crippen molar-refractivity contribution in [3.63, 3.8) is 0 Å². The summed E-state index contributed by atoms with van der Waals surface area (Å²) in [6.45, 7) is 4.46. The summed E-state index contributed by atoms with van der Waals surface area (Å²) in [6, 6.07) is -0.315. The van der Waals surface area contributed by atoms with Gasteiger partial charge in [-0.05, 0) is 12.8 Å². The first-order valence-corrected chi connectivity index (χ1v) is 4.34. The van der Waals surface area contributed by atoms with Gasteiger partial charge in [-0.1, -0.05) is 13.8 Å². The SMILES string of the molecule is CCC1(CC)NC(C(N)=O)CO1. The van der Waals surface area contributed by atoms with Crippen LogP contribution in [-0.2, 0) is 9.53 Å². The van der Waals surface area contributed by atoms with E-state index >= 15 is 0 Å². The first kappa shape index (κ1) is 9.48. The molecule has 1 saturated heterocycles. The van der Waals surface area contributed by atoms with E-state index < -0.39 is 0 Å². The molecule has 0 saturated carbocycles. The summed E-state index contributed by atoms with van der Waals surface area (Å²) in [5.74, 6) is -0.334. The van der Waals surface area contributed by atoms with Crippen LogP contribution < -0.4 is 11.1 Å². The normalized spacial score (nSPS) is 27.3. The maximum Gasteiger partial charge on any atom is 0.237 e. The van der Waals surface area contributed by atoms with Crippen LogP contribution >= 0.6 is 0 Å². The van der Waals surface area contributed by atoms with Crippen LogP contribution in [0, 0.1) is 0 Å². The Morgan fingerprint density at radius 3 is 2.50 bits per heavy atom. The van der Waals surface area contributed by atoms with Gasteiger partial charge in [-0.15, -0.1) is 0 Å². The van der Waals surface area contributed by atoms with Crippen LogP contribution in [0.2, 0.25) is 0 Å². The molecule has 1 unspecified atom stereocenters. The molecule has 0 aliphatic carbocycles. The van der Waals surface area contributed by atoms with Gasteiger partial charge in [0.05, 0.1) is 6.61 Å².